The van der Waals surface area contributed by atoms with Gasteiger partial charge in [0.25, 0.3) is 0 Å². The molecule has 0 radical (unpaired) electrons. The van der Waals surface area contributed by atoms with Crippen LogP contribution in [0.3, 0.4) is 0 Å². The number of alkyl carbamates (subject to hydrolysis) is 1. The first-order valence-corrected chi connectivity index (χ1v) is 11.3. The van der Waals surface area contributed by atoms with Gasteiger partial charge in [-0.1, -0.05) is 0 Å². The van der Waals surface area contributed by atoms with E-state index in [-0.39, 0.29) is 24.3 Å². The van der Waals surface area contributed by atoms with E-state index in [1.54, 1.807) is 0 Å². The summed E-state index contributed by atoms with van der Waals surface area (Å²) < 4.78 is 7.42. The lowest BCUT2D eigenvalue weighted by atomic mass is 10.2. The summed E-state index contributed by atoms with van der Waals surface area (Å²) in [4.78, 5) is 26.4. The Kier molecular flexibility index (Phi) is 5.22. The van der Waals surface area contributed by atoms with E-state index in [1.807, 2.05) is 20.2 Å². The maximum absolute atomic E-state index is 12.0. The van der Waals surface area contributed by atoms with Crippen LogP contribution in [0.15, 0.2) is 6.33 Å². The first-order chi connectivity index (χ1) is 14.6. The van der Waals surface area contributed by atoms with Crippen molar-refractivity contribution in [3.05, 3.63) is 12.2 Å². The first kappa shape index (κ1) is 19.5. The van der Waals surface area contributed by atoms with Crippen molar-refractivity contribution in [2.24, 2.45) is 0 Å². The maximum atomic E-state index is 12.0. The van der Waals surface area contributed by atoms with Gasteiger partial charge in [0.1, 0.15) is 11.3 Å². The lowest BCUT2D eigenvalue weighted by Crippen LogP contribution is -2.34. The number of amides is 1. The lowest BCUT2D eigenvalue weighted by Gasteiger charge is -2.17. The predicted octanol–water partition coefficient (Wildman–Crippen LogP) is 2.71. The number of nitrogens with zero attached hydrogens (tertiary/aromatic N) is 4. The molecule has 1 amide bonds. The van der Waals surface area contributed by atoms with Gasteiger partial charge in [-0.3, -0.25) is 0 Å². The van der Waals surface area contributed by atoms with E-state index in [1.165, 1.54) is 0 Å². The number of anilines is 1. The van der Waals surface area contributed by atoms with Crippen LogP contribution in [0, 0.1) is 0 Å². The van der Waals surface area contributed by atoms with Gasteiger partial charge in [-0.2, -0.15) is 0 Å². The lowest BCUT2D eigenvalue weighted by molar-refractivity contribution is 0.112. The number of nitrogens with one attached hydrogen (secondary N) is 3. The topological polar surface area (TPSA) is 106 Å². The number of fused-ring (bicyclic) bond motifs is 1. The first-order valence-electron chi connectivity index (χ1n) is 11.3. The van der Waals surface area contributed by atoms with Crippen LogP contribution < -0.4 is 16.0 Å². The molecule has 0 unspecified atom stereocenters. The van der Waals surface area contributed by atoms with Crippen molar-refractivity contribution in [2.45, 2.75) is 82.5 Å². The Bertz CT molecular complexity index is 917. The molecule has 3 aliphatic rings. The molecule has 1 aliphatic heterocycles. The highest BCUT2D eigenvalue weighted by atomic mass is 16.6. The molecule has 2 aliphatic carbocycles. The third-order valence-corrected chi connectivity index (χ3v) is 6.25. The molecule has 30 heavy (non-hydrogen) atoms. The fraction of sp³-hybridized carbons (Fsp3) is 0.714. The van der Waals surface area contributed by atoms with E-state index >= 15 is 0 Å². The molecule has 1 saturated heterocycles. The summed E-state index contributed by atoms with van der Waals surface area (Å²) in [5.74, 6) is 2.28. The van der Waals surface area contributed by atoms with E-state index in [0.29, 0.717) is 12.0 Å². The monoisotopic (exact) mass is 413 g/mol. The largest absolute Gasteiger partial charge is 0.447 e. The molecular weight excluding hydrogens is 382 g/mol. The molecule has 9 heteroatoms. The molecule has 3 heterocycles. The Morgan fingerprint density at radius 3 is 2.80 bits per heavy atom. The van der Waals surface area contributed by atoms with Gasteiger partial charge < -0.3 is 25.3 Å². The van der Waals surface area contributed by atoms with Crippen LogP contribution in [0.1, 0.15) is 70.2 Å². The van der Waals surface area contributed by atoms with Gasteiger partial charge >= 0.3 is 6.09 Å². The quantitative estimate of drug-likeness (QED) is 0.668. The molecule has 3 fully saturated rings. The minimum Gasteiger partial charge on any atom is -0.447 e. The van der Waals surface area contributed by atoms with E-state index in [2.05, 4.69) is 20.5 Å². The minimum absolute atomic E-state index is 0.113. The van der Waals surface area contributed by atoms with Gasteiger partial charge in [0, 0.05) is 30.6 Å². The zero-order valence-corrected chi connectivity index (χ0v) is 17.7. The average molecular weight is 414 g/mol. The van der Waals surface area contributed by atoms with Crippen LogP contribution >= 0.6 is 0 Å². The van der Waals surface area contributed by atoms with E-state index in [9.17, 15) is 4.79 Å². The molecule has 162 valence electrons. The van der Waals surface area contributed by atoms with Gasteiger partial charge in [-0.05, 0) is 58.9 Å². The van der Waals surface area contributed by atoms with Crippen molar-refractivity contribution >= 4 is 23.1 Å². The number of carbonyl (C=O) groups excluding carboxylic acids is 1. The van der Waals surface area contributed by atoms with Gasteiger partial charge in [-0.15, -0.1) is 0 Å². The van der Waals surface area contributed by atoms with Crippen molar-refractivity contribution in [2.75, 3.05) is 18.4 Å². The molecule has 0 aromatic carbocycles. The van der Waals surface area contributed by atoms with Gasteiger partial charge in [0.05, 0.1) is 12.4 Å². The van der Waals surface area contributed by atoms with Crippen molar-refractivity contribution in [1.82, 2.24) is 30.2 Å². The standard InChI is InChI=1S/C21H31N7O2/c1-12(2)30-21(29)25-14-5-6-16(9-14)28-11-23-17-19(24-15-7-8-22-10-15)26-18(13-3-4-13)27-20(17)28/h11-16,22H,3-10H2,1-2H3,(H,25,29)(H,24,26,27)/t14-,15-,16+/m0/s1. The van der Waals surface area contributed by atoms with Crippen LogP contribution in [-0.2, 0) is 4.74 Å². The molecule has 0 spiro atoms. The number of aromatic nitrogens is 4. The summed E-state index contributed by atoms with van der Waals surface area (Å²) in [5, 5.41) is 10.00. The van der Waals surface area contributed by atoms with Crippen LogP contribution in [0.5, 0.6) is 0 Å². The molecule has 3 N–H and O–H groups in total. The van der Waals surface area contributed by atoms with E-state index in [0.717, 1.165) is 74.4 Å². The Hall–Kier alpha value is -2.42. The number of hydrogen-bond donors (Lipinski definition) is 3. The van der Waals surface area contributed by atoms with Crippen LogP contribution in [0.4, 0.5) is 10.6 Å². The minimum atomic E-state index is -0.332. The summed E-state index contributed by atoms with van der Waals surface area (Å²) >= 11 is 0. The van der Waals surface area contributed by atoms with Gasteiger partial charge in [-0.25, -0.2) is 19.7 Å². The SMILES string of the molecule is CC(C)OC(=O)N[C@H]1CC[C@@H](n2cnc3c(N[C@H]4CCNC4)nc(C4CC4)nc32)C1. The highest BCUT2D eigenvalue weighted by Gasteiger charge is 2.32. The third-order valence-electron chi connectivity index (χ3n) is 6.25. The summed E-state index contributed by atoms with van der Waals surface area (Å²) in [7, 11) is 0. The van der Waals surface area contributed by atoms with Crippen LogP contribution in [0.2, 0.25) is 0 Å². The van der Waals surface area contributed by atoms with Gasteiger partial charge in [0.15, 0.2) is 11.5 Å². The number of carbonyl (C=O) groups is 1. The Morgan fingerprint density at radius 1 is 1.20 bits per heavy atom. The second-order valence-corrected chi connectivity index (χ2v) is 9.13. The third kappa shape index (κ3) is 4.08. The normalized spacial score (nSPS) is 26.4. The fourth-order valence-corrected chi connectivity index (χ4v) is 4.55. The van der Waals surface area contributed by atoms with E-state index < -0.39 is 0 Å². The molecule has 5 rings (SSSR count). The highest BCUT2D eigenvalue weighted by Crippen LogP contribution is 2.40. The molecular formula is C21H31N7O2. The van der Waals surface area contributed by atoms with Crippen molar-refractivity contribution in [3.8, 4) is 0 Å². The molecule has 9 nitrogen and oxygen atoms in total. The Balaban J connectivity index is 1.37. The zero-order chi connectivity index (χ0) is 20.7. The summed E-state index contributed by atoms with van der Waals surface area (Å²) in [5.41, 5.74) is 1.76. The fourth-order valence-electron chi connectivity index (χ4n) is 4.55. The van der Waals surface area contributed by atoms with Crippen LogP contribution in [0.25, 0.3) is 11.2 Å². The number of rotatable bonds is 6. The number of hydrogen-bond acceptors (Lipinski definition) is 7. The molecule has 2 saturated carbocycles. The zero-order valence-electron chi connectivity index (χ0n) is 17.7. The summed E-state index contributed by atoms with van der Waals surface area (Å²) in [6, 6.07) is 0.764. The van der Waals surface area contributed by atoms with Crippen LogP contribution in [-0.4, -0.2) is 56.9 Å². The van der Waals surface area contributed by atoms with Crippen molar-refractivity contribution < 1.29 is 9.53 Å². The smallest absolute Gasteiger partial charge is 0.407 e. The summed E-state index contributed by atoms with van der Waals surface area (Å²) in [6.07, 6.45) is 7.64. The molecule has 2 aromatic heterocycles. The molecule has 3 atom stereocenters. The van der Waals surface area contributed by atoms with Gasteiger partial charge in [0.2, 0.25) is 0 Å². The van der Waals surface area contributed by atoms with Crippen molar-refractivity contribution in [1.29, 1.82) is 0 Å². The number of imidazole rings is 1. The average Bonchev–Trinajstić information content (AvgIpc) is 3.06. The second-order valence-electron chi connectivity index (χ2n) is 9.13. The number of ether oxygens (including phenoxy) is 1. The summed E-state index contributed by atoms with van der Waals surface area (Å²) in [6.45, 7) is 5.71. The van der Waals surface area contributed by atoms with Crippen molar-refractivity contribution in [3.63, 3.8) is 0 Å². The highest BCUT2D eigenvalue weighted by molar-refractivity contribution is 5.83. The molecule has 0 bridgehead atoms. The Morgan fingerprint density at radius 2 is 2.07 bits per heavy atom. The Labute approximate surface area is 176 Å². The second kappa shape index (κ2) is 8.02. The van der Waals surface area contributed by atoms with E-state index in [4.69, 9.17) is 19.7 Å². The predicted molar refractivity (Wildman–Crippen MR) is 114 cm³/mol. The maximum Gasteiger partial charge on any atom is 0.407 e. The molecule has 2 aromatic rings.